The zero-order valence-corrected chi connectivity index (χ0v) is 10.0. The van der Waals surface area contributed by atoms with Gasteiger partial charge in [-0.15, -0.1) is 0 Å². The molecule has 1 aliphatic rings. The zero-order valence-electron chi connectivity index (χ0n) is 10.0. The lowest BCUT2D eigenvalue weighted by Crippen LogP contribution is -2.42. The molecule has 1 aliphatic heterocycles. The number of carbonyl (C=O) groups excluding carboxylic acids is 1. The molecular formula is C13H12F2N2O2. The van der Waals surface area contributed by atoms with Crippen LogP contribution < -0.4 is 4.74 Å². The average Bonchev–Trinajstić information content (AvgIpc) is 2.70. The van der Waals surface area contributed by atoms with Crippen LogP contribution in [0.4, 0.5) is 8.78 Å². The Bertz CT molecular complexity index is 620. The van der Waals surface area contributed by atoms with Gasteiger partial charge in [0, 0.05) is 24.0 Å². The van der Waals surface area contributed by atoms with Crippen molar-refractivity contribution in [1.82, 2.24) is 9.88 Å². The normalized spacial score (nSPS) is 14.8. The Hall–Kier alpha value is -2.11. The topological polar surface area (TPSA) is 45.3 Å². The van der Waals surface area contributed by atoms with Gasteiger partial charge < -0.3 is 14.6 Å². The number of hydrogen-bond donors (Lipinski definition) is 1. The molecule has 100 valence electrons. The highest BCUT2D eigenvalue weighted by Crippen LogP contribution is 2.28. The van der Waals surface area contributed by atoms with E-state index >= 15 is 0 Å². The lowest BCUT2D eigenvalue weighted by molar-refractivity contribution is -0.0487. The van der Waals surface area contributed by atoms with Crippen molar-refractivity contribution >= 4 is 16.8 Å². The minimum absolute atomic E-state index is 0.0754. The van der Waals surface area contributed by atoms with E-state index in [2.05, 4.69) is 9.72 Å². The molecule has 0 atom stereocenters. The van der Waals surface area contributed by atoms with Crippen LogP contribution in [0.5, 0.6) is 5.75 Å². The van der Waals surface area contributed by atoms with Gasteiger partial charge in [-0.05, 0) is 24.6 Å². The van der Waals surface area contributed by atoms with Gasteiger partial charge >= 0.3 is 6.61 Å². The minimum Gasteiger partial charge on any atom is -0.434 e. The first-order valence-electron chi connectivity index (χ1n) is 6.01. The van der Waals surface area contributed by atoms with E-state index in [0.29, 0.717) is 16.6 Å². The van der Waals surface area contributed by atoms with Crippen LogP contribution in [0.3, 0.4) is 0 Å². The van der Waals surface area contributed by atoms with E-state index in [4.69, 9.17) is 0 Å². The molecule has 1 amide bonds. The van der Waals surface area contributed by atoms with Gasteiger partial charge in [0.2, 0.25) is 0 Å². The van der Waals surface area contributed by atoms with Crippen LogP contribution in [0.25, 0.3) is 10.9 Å². The molecule has 1 aromatic heterocycles. The third-order valence-corrected chi connectivity index (χ3v) is 3.21. The van der Waals surface area contributed by atoms with Crippen molar-refractivity contribution in [3.63, 3.8) is 0 Å². The fraction of sp³-hybridized carbons (Fsp3) is 0.308. The van der Waals surface area contributed by atoms with E-state index < -0.39 is 6.61 Å². The van der Waals surface area contributed by atoms with Gasteiger partial charge in [0.05, 0.1) is 0 Å². The number of nitrogens with zero attached hydrogens (tertiary/aromatic N) is 1. The Morgan fingerprint density at radius 2 is 2.16 bits per heavy atom. The molecule has 2 aromatic rings. The molecule has 4 nitrogen and oxygen atoms in total. The summed E-state index contributed by atoms with van der Waals surface area (Å²) in [5.74, 6) is -0.0307. The first-order chi connectivity index (χ1) is 9.15. The highest BCUT2D eigenvalue weighted by atomic mass is 19.3. The number of amides is 1. The molecule has 1 saturated heterocycles. The Morgan fingerprint density at radius 3 is 2.79 bits per heavy atom. The van der Waals surface area contributed by atoms with Gasteiger partial charge in [-0.25, -0.2) is 0 Å². The molecule has 0 unspecified atom stereocenters. The number of nitrogens with one attached hydrogen (secondary N) is 1. The summed E-state index contributed by atoms with van der Waals surface area (Å²) in [6, 6.07) is 6.35. The number of hydrogen-bond acceptors (Lipinski definition) is 2. The molecule has 3 rings (SSSR count). The fourth-order valence-corrected chi connectivity index (χ4v) is 2.13. The number of likely N-dealkylation sites (tertiary alicyclic amines) is 1. The predicted molar refractivity (Wildman–Crippen MR) is 65.5 cm³/mol. The molecule has 19 heavy (non-hydrogen) atoms. The summed E-state index contributed by atoms with van der Waals surface area (Å²) in [7, 11) is 0. The summed E-state index contributed by atoms with van der Waals surface area (Å²) < 4.78 is 29.0. The molecule has 0 bridgehead atoms. The van der Waals surface area contributed by atoms with Gasteiger partial charge in [-0.2, -0.15) is 8.78 Å². The predicted octanol–water partition coefficient (Wildman–Crippen LogP) is 2.62. The van der Waals surface area contributed by atoms with E-state index in [-0.39, 0.29) is 11.7 Å². The van der Waals surface area contributed by atoms with Crippen molar-refractivity contribution in [1.29, 1.82) is 0 Å². The van der Waals surface area contributed by atoms with Gasteiger partial charge in [0.1, 0.15) is 11.4 Å². The van der Waals surface area contributed by atoms with Gasteiger partial charge in [-0.3, -0.25) is 4.79 Å². The monoisotopic (exact) mass is 266 g/mol. The van der Waals surface area contributed by atoms with Crippen molar-refractivity contribution < 1.29 is 18.3 Å². The van der Waals surface area contributed by atoms with Crippen molar-refractivity contribution in [3.05, 3.63) is 30.0 Å². The van der Waals surface area contributed by atoms with Crippen LogP contribution in [0, 0.1) is 0 Å². The van der Waals surface area contributed by atoms with E-state index in [1.807, 2.05) is 0 Å². The molecule has 0 spiro atoms. The van der Waals surface area contributed by atoms with Crippen LogP contribution in [0.1, 0.15) is 16.9 Å². The van der Waals surface area contributed by atoms with Crippen molar-refractivity contribution in [2.75, 3.05) is 13.1 Å². The van der Waals surface area contributed by atoms with E-state index in [0.717, 1.165) is 19.5 Å². The quantitative estimate of drug-likeness (QED) is 0.928. The fourth-order valence-electron chi connectivity index (χ4n) is 2.13. The second-order valence-electron chi connectivity index (χ2n) is 4.42. The number of alkyl halides is 2. The van der Waals surface area contributed by atoms with Crippen molar-refractivity contribution in [2.45, 2.75) is 13.0 Å². The number of rotatable bonds is 3. The summed E-state index contributed by atoms with van der Waals surface area (Å²) in [5, 5.41) is 0.492. The zero-order chi connectivity index (χ0) is 13.4. The Morgan fingerprint density at radius 1 is 1.37 bits per heavy atom. The number of aromatic amines is 1. The lowest BCUT2D eigenvalue weighted by Gasteiger charge is -2.30. The van der Waals surface area contributed by atoms with Crippen LogP contribution in [-0.4, -0.2) is 35.5 Å². The maximum absolute atomic E-state index is 12.3. The van der Waals surface area contributed by atoms with E-state index in [1.54, 1.807) is 23.1 Å². The second-order valence-corrected chi connectivity index (χ2v) is 4.42. The third-order valence-electron chi connectivity index (χ3n) is 3.21. The molecule has 0 radical (unpaired) electrons. The maximum Gasteiger partial charge on any atom is 0.387 e. The van der Waals surface area contributed by atoms with Crippen LogP contribution in [-0.2, 0) is 0 Å². The average molecular weight is 266 g/mol. The number of aromatic nitrogens is 1. The van der Waals surface area contributed by atoms with Crippen molar-refractivity contribution in [2.24, 2.45) is 0 Å². The number of benzene rings is 1. The summed E-state index contributed by atoms with van der Waals surface area (Å²) in [4.78, 5) is 16.7. The van der Waals surface area contributed by atoms with Crippen LogP contribution in [0.2, 0.25) is 0 Å². The highest BCUT2D eigenvalue weighted by molar-refractivity contribution is 5.99. The summed E-state index contributed by atoms with van der Waals surface area (Å²) in [6.45, 7) is -1.39. The number of carbonyl (C=O) groups is 1. The second kappa shape index (κ2) is 4.53. The number of H-pyrrole nitrogens is 1. The van der Waals surface area contributed by atoms with Crippen LogP contribution >= 0.6 is 0 Å². The maximum atomic E-state index is 12.3. The molecule has 1 N–H and O–H groups in total. The third kappa shape index (κ3) is 2.14. The summed E-state index contributed by atoms with van der Waals surface area (Å²) in [6.07, 6.45) is 1.01. The first kappa shape index (κ1) is 12.0. The Labute approximate surface area is 108 Å². The number of halogens is 2. The summed E-state index contributed by atoms with van der Waals surface area (Å²) in [5.41, 5.74) is 1.02. The highest BCUT2D eigenvalue weighted by Gasteiger charge is 2.23. The largest absolute Gasteiger partial charge is 0.434 e. The van der Waals surface area contributed by atoms with E-state index in [1.165, 1.54) is 6.07 Å². The van der Waals surface area contributed by atoms with Crippen LogP contribution in [0.15, 0.2) is 24.3 Å². The lowest BCUT2D eigenvalue weighted by atomic mass is 10.2. The van der Waals surface area contributed by atoms with Gasteiger partial charge in [0.25, 0.3) is 5.91 Å². The Balaban J connectivity index is 1.97. The summed E-state index contributed by atoms with van der Waals surface area (Å²) >= 11 is 0. The molecule has 2 heterocycles. The van der Waals surface area contributed by atoms with Crippen molar-refractivity contribution in [3.8, 4) is 5.75 Å². The smallest absolute Gasteiger partial charge is 0.387 e. The molecule has 0 saturated carbocycles. The standard InChI is InChI=1S/C13H12F2N2O2/c14-13(15)19-11-4-1-3-9-8(11)7-10(16-9)12(18)17-5-2-6-17/h1,3-4,7,13,16H,2,5-6H2. The minimum atomic E-state index is -2.88. The SMILES string of the molecule is O=C(c1cc2c(OC(F)F)cccc2[nH]1)N1CCC1. The van der Waals surface area contributed by atoms with Gasteiger partial charge in [-0.1, -0.05) is 6.07 Å². The number of fused-ring (bicyclic) bond motifs is 1. The molecule has 1 aromatic carbocycles. The molecular weight excluding hydrogens is 254 g/mol. The Kier molecular flexibility index (Phi) is 2.85. The molecule has 6 heteroatoms. The van der Waals surface area contributed by atoms with Gasteiger partial charge in [0.15, 0.2) is 0 Å². The van der Waals surface area contributed by atoms with E-state index in [9.17, 15) is 13.6 Å². The first-order valence-corrected chi connectivity index (χ1v) is 6.01. The molecule has 1 fully saturated rings. The number of ether oxygens (including phenoxy) is 1. The molecule has 0 aliphatic carbocycles.